The minimum absolute atomic E-state index is 0.106. The Labute approximate surface area is 186 Å². The number of nitrogens with zero attached hydrogens (tertiary/aromatic N) is 2. The Morgan fingerprint density at radius 3 is 2.06 bits per heavy atom. The van der Waals surface area contributed by atoms with E-state index in [-0.39, 0.29) is 17.3 Å². The summed E-state index contributed by atoms with van der Waals surface area (Å²) in [5.41, 5.74) is -0.499. The Morgan fingerprint density at radius 2 is 1.56 bits per heavy atom. The number of alkyl halides is 3. The predicted octanol–water partition coefficient (Wildman–Crippen LogP) is 5.87. The summed E-state index contributed by atoms with van der Waals surface area (Å²) in [7, 11) is -2.38. The lowest BCUT2D eigenvalue weighted by molar-refractivity contribution is -0.137. The van der Waals surface area contributed by atoms with Crippen LogP contribution in [0.2, 0.25) is 0 Å². The van der Waals surface area contributed by atoms with Crippen LogP contribution in [0.5, 0.6) is 0 Å². The number of halogens is 3. The van der Waals surface area contributed by atoms with Crippen LogP contribution < -0.4 is 15.9 Å². The fourth-order valence-corrected chi connectivity index (χ4v) is 7.16. The lowest BCUT2D eigenvalue weighted by atomic mass is 9.53. The number of benzene rings is 1. The summed E-state index contributed by atoms with van der Waals surface area (Å²) in [6.07, 6.45) is 2.70. The lowest BCUT2D eigenvalue weighted by Gasteiger charge is -2.57. The van der Waals surface area contributed by atoms with Crippen LogP contribution in [0.25, 0.3) is 0 Å². The highest BCUT2D eigenvalue weighted by Crippen LogP contribution is 2.57. The number of anilines is 3. The molecule has 0 atom stereocenters. The van der Waals surface area contributed by atoms with Crippen LogP contribution in [-0.2, 0) is 10.7 Å². The van der Waals surface area contributed by atoms with Crippen LogP contribution in [0.3, 0.4) is 0 Å². The zero-order chi connectivity index (χ0) is 22.7. The molecule has 9 heteroatoms. The molecule has 2 aromatic rings. The van der Waals surface area contributed by atoms with Crippen molar-refractivity contribution in [2.24, 2.45) is 17.8 Å². The topological polar surface area (TPSA) is 66.9 Å². The van der Waals surface area contributed by atoms with Crippen molar-refractivity contribution < 1.29 is 17.7 Å². The first-order valence-corrected chi connectivity index (χ1v) is 13.7. The number of hydrogen-bond acceptors (Lipinski definition) is 5. The molecule has 32 heavy (non-hydrogen) atoms. The summed E-state index contributed by atoms with van der Waals surface area (Å²) in [4.78, 5) is 8.20. The molecule has 4 bridgehead atoms. The van der Waals surface area contributed by atoms with Crippen molar-refractivity contribution in [2.75, 3.05) is 24.0 Å². The maximum absolute atomic E-state index is 13.8. The molecule has 172 valence electrons. The first-order chi connectivity index (χ1) is 15.0. The number of rotatable bonds is 5. The summed E-state index contributed by atoms with van der Waals surface area (Å²) in [6.45, 7) is 3.38. The van der Waals surface area contributed by atoms with E-state index in [1.165, 1.54) is 19.3 Å². The van der Waals surface area contributed by atoms with Gasteiger partial charge in [-0.05, 0) is 93.9 Å². The fourth-order valence-electron chi connectivity index (χ4n) is 6.29. The van der Waals surface area contributed by atoms with Gasteiger partial charge in [0.05, 0.1) is 0 Å². The smallest absolute Gasteiger partial charge is 0.364 e. The van der Waals surface area contributed by atoms with E-state index in [0.29, 0.717) is 23.4 Å². The van der Waals surface area contributed by atoms with Crippen molar-refractivity contribution in [3.05, 3.63) is 36.0 Å². The third-order valence-electron chi connectivity index (χ3n) is 7.26. The Kier molecular flexibility index (Phi) is 5.08. The summed E-state index contributed by atoms with van der Waals surface area (Å²) in [5, 5.41) is 7.00. The van der Waals surface area contributed by atoms with Crippen LogP contribution in [0.4, 0.5) is 30.6 Å². The molecule has 0 spiro atoms. The van der Waals surface area contributed by atoms with Crippen molar-refractivity contribution in [1.29, 1.82) is 0 Å². The average molecular weight is 464 g/mol. The Balaban J connectivity index is 1.43. The summed E-state index contributed by atoms with van der Waals surface area (Å²) >= 11 is 0. The number of aromatic nitrogens is 2. The SMILES string of the molecule is CP(C)(=O)c1ccc(Nc2ncc(C(F)(F)F)c(NC34CC5C[C@H](C3)C[C@H](C5)C4)n2)cc1. The summed E-state index contributed by atoms with van der Waals surface area (Å²) in [6, 6.07) is 6.98. The molecule has 4 saturated carbocycles. The van der Waals surface area contributed by atoms with Gasteiger partial charge in [0.15, 0.2) is 0 Å². The van der Waals surface area contributed by atoms with Gasteiger partial charge in [-0.3, -0.25) is 0 Å². The van der Waals surface area contributed by atoms with E-state index in [0.717, 1.165) is 30.8 Å². The highest BCUT2D eigenvalue weighted by Gasteiger charge is 2.51. The van der Waals surface area contributed by atoms with Crippen molar-refractivity contribution in [3.8, 4) is 0 Å². The highest BCUT2D eigenvalue weighted by molar-refractivity contribution is 7.70. The largest absolute Gasteiger partial charge is 0.421 e. The second-order valence-electron chi connectivity index (χ2n) is 10.3. The van der Waals surface area contributed by atoms with Crippen LogP contribution in [0.15, 0.2) is 30.5 Å². The minimum Gasteiger partial charge on any atom is -0.364 e. The van der Waals surface area contributed by atoms with Crippen molar-refractivity contribution in [2.45, 2.75) is 50.2 Å². The molecule has 0 amide bonds. The molecule has 4 aliphatic rings. The van der Waals surface area contributed by atoms with Gasteiger partial charge in [0.2, 0.25) is 5.95 Å². The van der Waals surface area contributed by atoms with Crippen molar-refractivity contribution in [3.63, 3.8) is 0 Å². The monoisotopic (exact) mass is 464 g/mol. The van der Waals surface area contributed by atoms with E-state index in [1.807, 2.05) is 0 Å². The first-order valence-electron chi connectivity index (χ1n) is 11.1. The molecule has 0 radical (unpaired) electrons. The zero-order valence-electron chi connectivity index (χ0n) is 18.2. The Morgan fingerprint density at radius 1 is 1.00 bits per heavy atom. The van der Waals surface area contributed by atoms with Gasteiger partial charge >= 0.3 is 6.18 Å². The molecular formula is C23H28F3N4OP. The van der Waals surface area contributed by atoms with E-state index in [1.54, 1.807) is 37.6 Å². The van der Waals surface area contributed by atoms with Gasteiger partial charge in [-0.1, -0.05) is 0 Å². The minimum atomic E-state index is -4.53. The molecule has 2 N–H and O–H groups in total. The molecule has 0 aliphatic heterocycles. The third kappa shape index (κ3) is 4.26. The van der Waals surface area contributed by atoms with Gasteiger partial charge in [0, 0.05) is 22.7 Å². The molecule has 6 rings (SSSR count). The molecule has 1 aromatic heterocycles. The van der Waals surface area contributed by atoms with Gasteiger partial charge in [-0.2, -0.15) is 18.2 Å². The molecule has 0 saturated heterocycles. The zero-order valence-corrected chi connectivity index (χ0v) is 19.1. The van der Waals surface area contributed by atoms with Gasteiger partial charge in [-0.25, -0.2) is 4.98 Å². The maximum atomic E-state index is 13.8. The lowest BCUT2D eigenvalue weighted by Crippen LogP contribution is -2.55. The Hall–Kier alpha value is -2.08. The van der Waals surface area contributed by atoms with Gasteiger partial charge in [0.1, 0.15) is 18.5 Å². The molecule has 0 unspecified atom stereocenters. The third-order valence-corrected chi connectivity index (χ3v) is 8.80. The predicted molar refractivity (Wildman–Crippen MR) is 120 cm³/mol. The standard InChI is InChI=1S/C23H28F3N4OP/c1-32(2,31)18-5-3-17(4-6-18)28-21-27-13-19(23(24,25)26)20(29-21)30-22-10-14-7-15(11-22)9-16(8-14)12-22/h3-6,13-16H,7-12H2,1-2H3,(H2,27,28,29,30)/t14-,15-,16?,22?/m1/s1. The normalized spacial score (nSPS) is 29.2. The first kappa shape index (κ1) is 21.7. The van der Waals surface area contributed by atoms with Gasteiger partial charge in [0.25, 0.3) is 0 Å². The van der Waals surface area contributed by atoms with E-state index in [9.17, 15) is 17.7 Å². The summed E-state index contributed by atoms with van der Waals surface area (Å²) in [5.74, 6) is 1.78. The van der Waals surface area contributed by atoms with Crippen LogP contribution in [0.1, 0.15) is 44.1 Å². The number of hydrogen-bond donors (Lipinski definition) is 2. The quantitative estimate of drug-likeness (QED) is 0.542. The molecule has 5 nitrogen and oxygen atoms in total. The Bertz CT molecular complexity index is 1030. The number of nitrogens with one attached hydrogen (secondary N) is 2. The van der Waals surface area contributed by atoms with E-state index >= 15 is 0 Å². The van der Waals surface area contributed by atoms with Crippen molar-refractivity contribution >= 4 is 29.9 Å². The van der Waals surface area contributed by atoms with Crippen molar-refractivity contribution in [1.82, 2.24) is 9.97 Å². The molecular weight excluding hydrogens is 436 g/mol. The van der Waals surface area contributed by atoms with Crippen LogP contribution in [-0.4, -0.2) is 28.8 Å². The summed E-state index contributed by atoms with van der Waals surface area (Å²) < 4.78 is 53.5. The second kappa shape index (κ2) is 7.47. The average Bonchev–Trinajstić information content (AvgIpc) is 2.65. The van der Waals surface area contributed by atoms with E-state index < -0.39 is 18.9 Å². The molecule has 1 heterocycles. The molecule has 1 aromatic carbocycles. The van der Waals surface area contributed by atoms with Gasteiger partial charge in [-0.15, -0.1) is 0 Å². The second-order valence-corrected chi connectivity index (χ2v) is 13.5. The van der Waals surface area contributed by atoms with Crippen LogP contribution >= 0.6 is 7.14 Å². The molecule has 4 aliphatic carbocycles. The highest BCUT2D eigenvalue weighted by atomic mass is 31.2. The maximum Gasteiger partial charge on any atom is 0.421 e. The fraction of sp³-hybridized carbons (Fsp3) is 0.565. The molecule has 4 fully saturated rings. The van der Waals surface area contributed by atoms with Crippen LogP contribution in [0, 0.1) is 17.8 Å². The van der Waals surface area contributed by atoms with Gasteiger partial charge < -0.3 is 15.2 Å². The van der Waals surface area contributed by atoms with E-state index in [4.69, 9.17) is 0 Å². The van der Waals surface area contributed by atoms with E-state index in [2.05, 4.69) is 20.6 Å².